The number of benzene rings is 1. The Bertz CT molecular complexity index is 736. The Morgan fingerprint density at radius 2 is 1.89 bits per heavy atom. The predicted molar refractivity (Wildman–Crippen MR) is 113 cm³/mol. The minimum atomic E-state index is 0.458. The van der Waals surface area contributed by atoms with Crippen LogP contribution in [0.15, 0.2) is 47.6 Å². The summed E-state index contributed by atoms with van der Waals surface area (Å²) < 4.78 is 7.38. The first-order valence-corrected chi connectivity index (χ1v) is 10.0. The quantitative estimate of drug-likeness (QED) is 0.564. The maximum absolute atomic E-state index is 5.49. The number of aromatic nitrogens is 2. The number of rotatable bonds is 7. The monoisotopic (exact) mass is 384 g/mol. The third-order valence-corrected chi connectivity index (χ3v) is 5.09. The first-order chi connectivity index (χ1) is 13.7. The number of guanidine groups is 1. The number of aliphatic imine (C=N–C) groups is 1. The van der Waals surface area contributed by atoms with Crippen LogP contribution in [-0.2, 0) is 11.3 Å². The van der Waals surface area contributed by atoms with Crippen molar-refractivity contribution in [3.8, 4) is 5.69 Å². The molecule has 28 heavy (non-hydrogen) atoms. The Morgan fingerprint density at radius 3 is 2.57 bits per heavy atom. The van der Waals surface area contributed by atoms with Crippen LogP contribution in [-0.4, -0.2) is 66.6 Å². The molecule has 0 bridgehead atoms. The molecule has 2 aromatic rings. The highest BCUT2D eigenvalue weighted by Gasteiger charge is 2.23. The Hall–Kier alpha value is -2.38. The van der Waals surface area contributed by atoms with E-state index in [2.05, 4.69) is 39.5 Å². The van der Waals surface area contributed by atoms with Gasteiger partial charge in [-0.15, -0.1) is 0 Å². The molecule has 3 rings (SSSR count). The molecule has 152 valence electrons. The van der Waals surface area contributed by atoms with Crippen LogP contribution in [0.3, 0.4) is 0 Å². The SMILES string of the molecule is CN=C(NCc1ccn(-c2ccccc2)n1)NCC(C(C)C)N1CCOCC1. The van der Waals surface area contributed by atoms with Crippen LogP contribution in [0.4, 0.5) is 0 Å². The van der Waals surface area contributed by atoms with Crippen molar-refractivity contribution in [2.75, 3.05) is 39.9 Å². The lowest BCUT2D eigenvalue weighted by Crippen LogP contribution is -2.52. The maximum Gasteiger partial charge on any atom is 0.191 e. The first-order valence-electron chi connectivity index (χ1n) is 10.0. The molecule has 1 aliphatic heterocycles. The van der Waals surface area contributed by atoms with Gasteiger partial charge < -0.3 is 15.4 Å². The van der Waals surface area contributed by atoms with Gasteiger partial charge in [-0.2, -0.15) is 5.10 Å². The fraction of sp³-hybridized carbons (Fsp3) is 0.524. The fourth-order valence-electron chi connectivity index (χ4n) is 3.47. The highest BCUT2D eigenvalue weighted by Crippen LogP contribution is 2.12. The highest BCUT2D eigenvalue weighted by molar-refractivity contribution is 5.79. The average molecular weight is 385 g/mol. The molecule has 1 fully saturated rings. The second-order valence-electron chi connectivity index (χ2n) is 7.35. The van der Waals surface area contributed by atoms with Crippen LogP contribution in [0.2, 0.25) is 0 Å². The van der Waals surface area contributed by atoms with E-state index in [1.165, 1.54) is 0 Å². The Morgan fingerprint density at radius 1 is 1.14 bits per heavy atom. The fourth-order valence-corrected chi connectivity index (χ4v) is 3.47. The third kappa shape index (κ3) is 5.56. The summed E-state index contributed by atoms with van der Waals surface area (Å²) in [4.78, 5) is 6.87. The number of nitrogens with zero attached hydrogens (tertiary/aromatic N) is 4. The molecule has 1 atom stereocenters. The van der Waals surface area contributed by atoms with Crippen LogP contribution in [0.5, 0.6) is 0 Å². The van der Waals surface area contributed by atoms with E-state index in [9.17, 15) is 0 Å². The summed E-state index contributed by atoms with van der Waals surface area (Å²) in [6.45, 7) is 9.66. The number of para-hydroxylation sites is 1. The average Bonchev–Trinajstić information content (AvgIpc) is 3.21. The van der Waals surface area contributed by atoms with Gasteiger partial charge in [0.15, 0.2) is 5.96 Å². The second-order valence-corrected chi connectivity index (χ2v) is 7.35. The molecule has 1 saturated heterocycles. The lowest BCUT2D eigenvalue weighted by Gasteiger charge is -2.37. The van der Waals surface area contributed by atoms with Gasteiger partial charge in [0, 0.05) is 38.9 Å². The van der Waals surface area contributed by atoms with E-state index in [0.29, 0.717) is 18.5 Å². The zero-order valence-electron chi connectivity index (χ0n) is 17.1. The van der Waals surface area contributed by atoms with Gasteiger partial charge in [0.2, 0.25) is 0 Å². The van der Waals surface area contributed by atoms with Gasteiger partial charge in [0.25, 0.3) is 0 Å². The Kier molecular flexibility index (Phi) is 7.45. The van der Waals surface area contributed by atoms with Gasteiger partial charge in [-0.25, -0.2) is 4.68 Å². The van der Waals surface area contributed by atoms with Crippen molar-refractivity contribution in [2.45, 2.75) is 26.4 Å². The lowest BCUT2D eigenvalue weighted by atomic mass is 10.0. The zero-order valence-corrected chi connectivity index (χ0v) is 17.1. The minimum Gasteiger partial charge on any atom is -0.379 e. The van der Waals surface area contributed by atoms with E-state index in [-0.39, 0.29) is 0 Å². The van der Waals surface area contributed by atoms with E-state index < -0.39 is 0 Å². The molecule has 0 spiro atoms. The Balaban J connectivity index is 1.51. The topological polar surface area (TPSA) is 66.7 Å². The molecule has 2 N–H and O–H groups in total. The molecular formula is C21H32N6O. The first kappa shape index (κ1) is 20.4. The van der Waals surface area contributed by atoms with Gasteiger partial charge in [-0.05, 0) is 24.1 Å². The molecule has 2 heterocycles. The van der Waals surface area contributed by atoms with E-state index >= 15 is 0 Å². The molecule has 7 heteroatoms. The maximum atomic E-state index is 5.49. The largest absolute Gasteiger partial charge is 0.379 e. The molecule has 1 unspecified atom stereocenters. The van der Waals surface area contributed by atoms with Crippen LogP contribution in [0.25, 0.3) is 5.69 Å². The molecule has 1 aromatic carbocycles. The summed E-state index contributed by atoms with van der Waals surface area (Å²) in [5, 5.41) is 11.5. The number of ether oxygens (including phenoxy) is 1. The molecule has 1 aliphatic rings. The van der Waals surface area contributed by atoms with Gasteiger partial charge >= 0.3 is 0 Å². The van der Waals surface area contributed by atoms with Crippen molar-refractivity contribution >= 4 is 5.96 Å². The van der Waals surface area contributed by atoms with Crippen LogP contribution < -0.4 is 10.6 Å². The molecule has 7 nitrogen and oxygen atoms in total. The number of morpholine rings is 1. The standard InChI is InChI=1S/C21H32N6O/c1-17(2)20(26-11-13-28-14-12-26)16-24-21(22-3)23-15-18-9-10-27(25-18)19-7-5-4-6-8-19/h4-10,17,20H,11-16H2,1-3H3,(H2,22,23,24). The lowest BCUT2D eigenvalue weighted by molar-refractivity contribution is 0.00752. The van der Waals surface area contributed by atoms with E-state index in [4.69, 9.17) is 4.74 Å². The predicted octanol–water partition coefficient (Wildman–Crippen LogP) is 1.89. The van der Waals surface area contributed by atoms with Crippen LogP contribution in [0.1, 0.15) is 19.5 Å². The number of hydrogen-bond acceptors (Lipinski definition) is 4. The molecule has 0 aliphatic carbocycles. The molecule has 0 radical (unpaired) electrons. The highest BCUT2D eigenvalue weighted by atomic mass is 16.5. The van der Waals surface area contributed by atoms with E-state index in [1.54, 1.807) is 7.05 Å². The zero-order chi connectivity index (χ0) is 19.8. The van der Waals surface area contributed by atoms with Crippen molar-refractivity contribution in [1.29, 1.82) is 0 Å². The summed E-state index contributed by atoms with van der Waals surface area (Å²) in [6, 6.07) is 12.6. The second kappa shape index (κ2) is 10.2. The smallest absolute Gasteiger partial charge is 0.191 e. The summed E-state index contributed by atoms with van der Waals surface area (Å²) >= 11 is 0. The summed E-state index contributed by atoms with van der Waals surface area (Å²) in [6.07, 6.45) is 1.98. The van der Waals surface area contributed by atoms with Crippen molar-refractivity contribution in [3.05, 3.63) is 48.3 Å². The van der Waals surface area contributed by atoms with Crippen LogP contribution in [0, 0.1) is 5.92 Å². The number of hydrogen-bond donors (Lipinski definition) is 2. The minimum absolute atomic E-state index is 0.458. The van der Waals surface area contributed by atoms with E-state index in [0.717, 1.165) is 50.2 Å². The van der Waals surface area contributed by atoms with Crippen molar-refractivity contribution in [1.82, 2.24) is 25.3 Å². The molecular weight excluding hydrogens is 352 g/mol. The van der Waals surface area contributed by atoms with Crippen molar-refractivity contribution in [2.24, 2.45) is 10.9 Å². The molecule has 1 aromatic heterocycles. The summed E-state index contributed by atoms with van der Waals surface area (Å²) in [7, 11) is 1.80. The molecule has 0 saturated carbocycles. The summed E-state index contributed by atoms with van der Waals surface area (Å²) in [5.74, 6) is 1.36. The summed E-state index contributed by atoms with van der Waals surface area (Å²) in [5.41, 5.74) is 2.03. The third-order valence-electron chi connectivity index (χ3n) is 5.09. The normalized spacial score (nSPS) is 16.9. The van der Waals surface area contributed by atoms with Gasteiger partial charge in [-0.3, -0.25) is 9.89 Å². The van der Waals surface area contributed by atoms with Crippen molar-refractivity contribution < 1.29 is 4.74 Å². The van der Waals surface area contributed by atoms with Gasteiger partial charge in [0.1, 0.15) is 0 Å². The van der Waals surface area contributed by atoms with Crippen LogP contribution >= 0.6 is 0 Å². The molecule has 0 amide bonds. The van der Waals surface area contributed by atoms with Crippen molar-refractivity contribution in [3.63, 3.8) is 0 Å². The van der Waals surface area contributed by atoms with E-state index in [1.807, 2.05) is 47.3 Å². The van der Waals surface area contributed by atoms with Gasteiger partial charge in [0.05, 0.1) is 31.1 Å². The number of nitrogens with one attached hydrogen (secondary N) is 2. The Labute approximate surface area is 167 Å². The van der Waals surface area contributed by atoms with Gasteiger partial charge in [-0.1, -0.05) is 32.0 Å².